The van der Waals surface area contributed by atoms with Gasteiger partial charge in [0.15, 0.2) is 0 Å². The maximum absolute atomic E-state index is 13.9. The molecular weight excluding hydrogens is 463 g/mol. The molecule has 27 heavy (non-hydrogen) atoms. The lowest BCUT2D eigenvalue weighted by Crippen LogP contribution is -2.40. The van der Waals surface area contributed by atoms with E-state index < -0.39 is 21.7 Å². The number of amides is 1. The quantitative estimate of drug-likeness (QED) is 0.731. The lowest BCUT2D eigenvalue weighted by Gasteiger charge is -2.26. The van der Waals surface area contributed by atoms with E-state index in [1.165, 1.54) is 34.6 Å². The molecule has 0 atom stereocenters. The molecule has 0 saturated carbocycles. The van der Waals surface area contributed by atoms with E-state index in [1.807, 2.05) is 0 Å². The third-order valence-electron chi connectivity index (χ3n) is 3.96. The number of carbonyl (C=O) groups is 1. The molecule has 1 amide bonds. The summed E-state index contributed by atoms with van der Waals surface area (Å²) in [6.45, 7) is 0.998. The van der Waals surface area contributed by atoms with Crippen molar-refractivity contribution in [1.29, 1.82) is 0 Å². The van der Waals surface area contributed by atoms with E-state index in [9.17, 15) is 17.6 Å². The number of hydrogen-bond acceptors (Lipinski definition) is 4. The zero-order valence-corrected chi connectivity index (χ0v) is 17.1. The Kier molecular flexibility index (Phi) is 6.17. The molecule has 0 spiro atoms. The van der Waals surface area contributed by atoms with Crippen LogP contribution in [0.3, 0.4) is 0 Å². The number of carbonyl (C=O) groups excluding carboxylic acids is 1. The van der Waals surface area contributed by atoms with Gasteiger partial charge in [-0.25, -0.2) is 12.8 Å². The molecule has 1 fully saturated rings. The average Bonchev–Trinajstić information content (AvgIpc) is 2.65. The number of rotatable bonds is 4. The number of morpholine rings is 1. The average molecular weight is 478 g/mol. The number of ether oxygens (including phenoxy) is 1. The molecule has 0 aliphatic carbocycles. The molecule has 0 unspecified atom stereocenters. The SMILES string of the molecule is O=C(Nc1ccc(Br)cc1F)c1ccc(Cl)c(S(=O)(=O)N2CCOCC2)c1. The first-order valence-corrected chi connectivity index (χ1v) is 10.5. The van der Waals surface area contributed by atoms with Gasteiger partial charge in [-0.2, -0.15) is 4.31 Å². The standard InChI is InChI=1S/C17H15BrClFN2O4S/c18-12-2-4-15(14(20)10-12)21-17(23)11-1-3-13(19)16(9-11)27(24,25)22-5-7-26-8-6-22/h1-4,9-10H,5-8H2,(H,21,23). The van der Waals surface area contributed by atoms with Gasteiger partial charge in [-0.15, -0.1) is 0 Å². The molecule has 1 heterocycles. The molecule has 1 N–H and O–H groups in total. The number of nitrogens with one attached hydrogen (secondary N) is 1. The van der Waals surface area contributed by atoms with Crippen molar-refractivity contribution < 1.29 is 22.3 Å². The fourth-order valence-electron chi connectivity index (χ4n) is 2.55. The summed E-state index contributed by atoms with van der Waals surface area (Å²) in [5, 5.41) is 2.43. The second-order valence-corrected chi connectivity index (χ2v) is 8.97. The summed E-state index contributed by atoms with van der Waals surface area (Å²) >= 11 is 9.21. The number of benzene rings is 2. The van der Waals surface area contributed by atoms with Crippen LogP contribution in [0.4, 0.5) is 10.1 Å². The minimum atomic E-state index is -3.87. The molecule has 1 aliphatic heterocycles. The van der Waals surface area contributed by atoms with Crippen molar-refractivity contribution in [3.8, 4) is 0 Å². The van der Waals surface area contributed by atoms with Gasteiger partial charge in [-0.05, 0) is 36.4 Å². The highest BCUT2D eigenvalue weighted by Gasteiger charge is 2.29. The van der Waals surface area contributed by atoms with Crippen molar-refractivity contribution in [3.05, 3.63) is 57.3 Å². The van der Waals surface area contributed by atoms with E-state index in [0.717, 1.165) is 0 Å². The Morgan fingerprint density at radius 1 is 1.19 bits per heavy atom. The molecule has 0 bridgehead atoms. The van der Waals surface area contributed by atoms with E-state index in [-0.39, 0.29) is 34.3 Å². The molecule has 0 aromatic heterocycles. The topological polar surface area (TPSA) is 75.7 Å². The highest BCUT2D eigenvalue weighted by Crippen LogP contribution is 2.27. The fraction of sp³-hybridized carbons (Fsp3) is 0.235. The number of nitrogens with zero attached hydrogens (tertiary/aromatic N) is 1. The molecule has 2 aromatic carbocycles. The molecule has 2 aromatic rings. The molecule has 144 valence electrons. The van der Waals surface area contributed by atoms with E-state index in [1.54, 1.807) is 6.07 Å². The first kappa shape index (κ1) is 20.2. The van der Waals surface area contributed by atoms with E-state index in [0.29, 0.717) is 17.7 Å². The van der Waals surface area contributed by atoms with Gasteiger partial charge in [0.2, 0.25) is 10.0 Å². The van der Waals surface area contributed by atoms with Gasteiger partial charge in [-0.3, -0.25) is 4.79 Å². The summed E-state index contributed by atoms with van der Waals surface area (Å²) in [7, 11) is -3.87. The first-order chi connectivity index (χ1) is 12.8. The van der Waals surface area contributed by atoms with Gasteiger partial charge < -0.3 is 10.1 Å². The highest BCUT2D eigenvalue weighted by molar-refractivity contribution is 9.10. The smallest absolute Gasteiger partial charge is 0.255 e. The van der Waals surface area contributed by atoms with Crippen molar-refractivity contribution >= 4 is 49.1 Å². The zero-order valence-electron chi connectivity index (χ0n) is 13.9. The first-order valence-electron chi connectivity index (χ1n) is 7.93. The zero-order chi connectivity index (χ0) is 19.6. The third-order valence-corrected chi connectivity index (χ3v) is 6.83. The van der Waals surface area contributed by atoms with Gasteiger partial charge in [0.1, 0.15) is 10.7 Å². The Morgan fingerprint density at radius 3 is 2.56 bits per heavy atom. The van der Waals surface area contributed by atoms with Crippen LogP contribution in [-0.4, -0.2) is 44.9 Å². The van der Waals surface area contributed by atoms with Gasteiger partial charge >= 0.3 is 0 Å². The Hall–Kier alpha value is -1.52. The minimum absolute atomic E-state index is 0.00728. The van der Waals surface area contributed by atoms with Crippen LogP contribution in [0.5, 0.6) is 0 Å². The lowest BCUT2D eigenvalue weighted by molar-refractivity contribution is 0.0730. The maximum atomic E-state index is 13.9. The minimum Gasteiger partial charge on any atom is -0.379 e. The molecule has 1 aliphatic rings. The highest BCUT2D eigenvalue weighted by atomic mass is 79.9. The maximum Gasteiger partial charge on any atom is 0.255 e. The third kappa shape index (κ3) is 4.49. The van der Waals surface area contributed by atoms with Gasteiger partial charge in [0.05, 0.1) is 23.9 Å². The number of anilines is 1. The lowest BCUT2D eigenvalue weighted by atomic mass is 10.2. The molecule has 0 radical (unpaired) electrons. The molecule has 3 rings (SSSR count). The van der Waals surface area contributed by atoms with Crippen LogP contribution in [0.2, 0.25) is 5.02 Å². The number of halogens is 3. The van der Waals surface area contributed by atoms with Crippen LogP contribution < -0.4 is 5.32 Å². The van der Waals surface area contributed by atoms with Crippen LogP contribution in [0.1, 0.15) is 10.4 Å². The second kappa shape index (κ2) is 8.24. The van der Waals surface area contributed by atoms with E-state index in [4.69, 9.17) is 16.3 Å². The van der Waals surface area contributed by atoms with Crippen molar-refractivity contribution in [2.45, 2.75) is 4.90 Å². The van der Waals surface area contributed by atoms with Crippen LogP contribution in [-0.2, 0) is 14.8 Å². The van der Waals surface area contributed by atoms with E-state index in [2.05, 4.69) is 21.2 Å². The van der Waals surface area contributed by atoms with Crippen LogP contribution in [0, 0.1) is 5.82 Å². The Balaban J connectivity index is 1.89. The monoisotopic (exact) mass is 476 g/mol. The Bertz CT molecular complexity index is 981. The predicted octanol–water partition coefficient (Wildman–Crippen LogP) is 3.51. The summed E-state index contributed by atoms with van der Waals surface area (Å²) in [6.07, 6.45) is 0. The summed E-state index contributed by atoms with van der Waals surface area (Å²) in [5.74, 6) is -1.26. The van der Waals surface area contributed by atoms with Crippen LogP contribution >= 0.6 is 27.5 Å². The molecular formula is C17H15BrClFN2O4S. The summed E-state index contributed by atoms with van der Waals surface area (Å²) in [6, 6.07) is 8.10. The second-order valence-electron chi connectivity index (χ2n) is 5.74. The fourth-order valence-corrected chi connectivity index (χ4v) is 4.80. The number of sulfonamides is 1. The van der Waals surface area contributed by atoms with Crippen molar-refractivity contribution in [3.63, 3.8) is 0 Å². The molecule has 1 saturated heterocycles. The van der Waals surface area contributed by atoms with Crippen molar-refractivity contribution in [1.82, 2.24) is 4.31 Å². The number of hydrogen-bond donors (Lipinski definition) is 1. The van der Waals surface area contributed by atoms with Crippen LogP contribution in [0.15, 0.2) is 45.8 Å². The van der Waals surface area contributed by atoms with E-state index >= 15 is 0 Å². The molecule has 10 heteroatoms. The normalized spacial score (nSPS) is 15.5. The predicted molar refractivity (Wildman–Crippen MR) is 103 cm³/mol. The summed E-state index contributed by atoms with van der Waals surface area (Å²) in [4.78, 5) is 12.3. The summed E-state index contributed by atoms with van der Waals surface area (Å²) in [5.41, 5.74) is 0.0317. The largest absolute Gasteiger partial charge is 0.379 e. The van der Waals surface area contributed by atoms with Gasteiger partial charge in [0.25, 0.3) is 5.91 Å². The Labute approximate surface area is 169 Å². The van der Waals surface area contributed by atoms with Crippen molar-refractivity contribution in [2.75, 3.05) is 31.6 Å². The van der Waals surface area contributed by atoms with Gasteiger partial charge in [0, 0.05) is 23.1 Å². The molecule has 6 nitrogen and oxygen atoms in total. The summed E-state index contributed by atoms with van der Waals surface area (Å²) < 4.78 is 46.5. The van der Waals surface area contributed by atoms with Crippen LogP contribution in [0.25, 0.3) is 0 Å². The Morgan fingerprint density at radius 2 is 1.89 bits per heavy atom. The van der Waals surface area contributed by atoms with Crippen molar-refractivity contribution in [2.24, 2.45) is 0 Å². The van der Waals surface area contributed by atoms with Gasteiger partial charge in [-0.1, -0.05) is 27.5 Å².